The van der Waals surface area contributed by atoms with Gasteiger partial charge in [-0.2, -0.15) is 0 Å². The fraction of sp³-hybridized carbons (Fsp3) is 0.100. The molecule has 2 rings (SSSR count). The quantitative estimate of drug-likeness (QED) is 0.574. The van der Waals surface area contributed by atoms with Crippen molar-refractivity contribution < 1.29 is 4.79 Å². The lowest BCUT2D eigenvalue weighted by atomic mass is 10.1. The normalized spacial score (nSPS) is 10.7. The maximum absolute atomic E-state index is 10.8. The molecule has 1 heterocycles. The molecule has 0 saturated carbocycles. The van der Waals surface area contributed by atoms with Crippen molar-refractivity contribution in [2.24, 2.45) is 0 Å². The first-order valence-electron chi connectivity index (χ1n) is 3.99. The zero-order valence-electron chi connectivity index (χ0n) is 7.09. The number of hydrogen-bond donors (Lipinski definition) is 0. The molecule has 0 amide bonds. The molecule has 0 fully saturated rings. The molecule has 1 nitrogen and oxygen atoms in total. The maximum atomic E-state index is 10.8. The van der Waals surface area contributed by atoms with E-state index < -0.39 is 0 Å². The number of thiophene rings is 1. The summed E-state index contributed by atoms with van der Waals surface area (Å²) < 4.78 is 0.937. The van der Waals surface area contributed by atoms with Crippen LogP contribution in [0.4, 0.5) is 0 Å². The van der Waals surface area contributed by atoms with Gasteiger partial charge in [0.25, 0.3) is 0 Å². The summed E-state index contributed by atoms with van der Waals surface area (Å²) in [7, 11) is 0. The lowest BCUT2D eigenvalue weighted by Crippen LogP contribution is -1.80. The van der Waals surface area contributed by atoms with E-state index in [1.807, 2.05) is 18.2 Å². The first-order chi connectivity index (χ1) is 6.77. The highest BCUT2D eigenvalue weighted by Crippen LogP contribution is 2.35. The van der Waals surface area contributed by atoms with Gasteiger partial charge >= 0.3 is 0 Å². The van der Waals surface area contributed by atoms with Crippen LogP contribution in [0.25, 0.3) is 10.1 Å². The van der Waals surface area contributed by atoms with Crippen LogP contribution in [0.2, 0.25) is 5.02 Å². The standard InChI is InChI=1S/C10H6Cl2OS/c11-4-7-6-2-1-3-8(12)10(6)14-9(7)5-13/h1-3,5H,4H2. The summed E-state index contributed by atoms with van der Waals surface area (Å²) in [6.45, 7) is 0. The first-order valence-corrected chi connectivity index (χ1v) is 5.72. The third-order valence-electron chi connectivity index (χ3n) is 2.04. The molecule has 0 bridgehead atoms. The molecule has 4 heteroatoms. The fourth-order valence-corrected chi connectivity index (χ4v) is 3.09. The number of hydrogen-bond acceptors (Lipinski definition) is 2. The summed E-state index contributed by atoms with van der Waals surface area (Å²) in [4.78, 5) is 11.4. The molecule has 0 spiro atoms. The Morgan fingerprint density at radius 1 is 1.43 bits per heavy atom. The molecular weight excluding hydrogens is 239 g/mol. The third kappa shape index (κ3) is 1.44. The largest absolute Gasteiger partial charge is 0.297 e. The number of benzene rings is 1. The lowest BCUT2D eigenvalue weighted by Gasteiger charge is -1.94. The summed E-state index contributed by atoms with van der Waals surface area (Å²) in [5.41, 5.74) is 0.879. The fourth-order valence-electron chi connectivity index (χ4n) is 1.39. The van der Waals surface area contributed by atoms with E-state index in [2.05, 4.69) is 0 Å². The highest BCUT2D eigenvalue weighted by molar-refractivity contribution is 7.21. The van der Waals surface area contributed by atoms with Gasteiger partial charge in [0.05, 0.1) is 14.6 Å². The SMILES string of the molecule is O=Cc1sc2c(Cl)cccc2c1CCl. The van der Waals surface area contributed by atoms with E-state index in [0.717, 1.165) is 21.9 Å². The van der Waals surface area contributed by atoms with Crippen LogP contribution in [-0.4, -0.2) is 6.29 Å². The Hall–Kier alpha value is -0.570. The number of rotatable bonds is 2. The Balaban J connectivity index is 2.86. The molecule has 0 aliphatic heterocycles. The molecular formula is C10H6Cl2OS. The van der Waals surface area contributed by atoms with E-state index in [9.17, 15) is 4.79 Å². The van der Waals surface area contributed by atoms with Gasteiger partial charge in [-0.15, -0.1) is 22.9 Å². The second kappa shape index (κ2) is 3.89. The van der Waals surface area contributed by atoms with Gasteiger partial charge < -0.3 is 0 Å². The van der Waals surface area contributed by atoms with E-state index in [0.29, 0.717) is 15.8 Å². The summed E-state index contributed by atoms with van der Waals surface area (Å²) in [6.07, 6.45) is 0.832. The molecule has 0 aliphatic rings. The van der Waals surface area contributed by atoms with Crippen LogP contribution in [0.15, 0.2) is 18.2 Å². The first kappa shape index (κ1) is 9.97. The van der Waals surface area contributed by atoms with Crippen LogP contribution in [0.3, 0.4) is 0 Å². The Morgan fingerprint density at radius 3 is 2.86 bits per heavy atom. The number of halogens is 2. The number of alkyl halides is 1. The van der Waals surface area contributed by atoms with Crippen molar-refractivity contribution in [3.63, 3.8) is 0 Å². The van der Waals surface area contributed by atoms with Gasteiger partial charge in [-0.3, -0.25) is 4.79 Å². The van der Waals surface area contributed by atoms with Gasteiger partial charge in [0.15, 0.2) is 6.29 Å². The molecule has 1 aromatic carbocycles. The summed E-state index contributed by atoms with van der Waals surface area (Å²) in [5, 5.41) is 1.66. The van der Waals surface area contributed by atoms with Crippen LogP contribution < -0.4 is 0 Å². The van der Waals surface area contributed by atoms with E-state index in [1.165, 1.54) is 11.3 Å². The molecule has 0 aliphatic carbocycles. The number of carbonyl (C=O) groups excluding carboxylic acids is 1. The monoisotopic (exact) mass is 244 g/mol. The molecule has 0 radical (unpaired) electrons. The maximum Gasteiger partial charge on any atom is 0.160 e. The zero-order chi connectivity index (χ0) is 10.1. The van der Waals surface area contributed by atoms with Gasteiger partial charge in [-0.25, -0.2) is 0 Å². The summed E-state index contributed by atoms with van der Waals surface area (Å²) in [5.74, 6) is 0.342. The minimum absolute atomic E-state index is 0.342. The van der Waals surface area contributed by atoms with E-state index >= 15 is 0 Å². The van der Waals surface area contributed by atoms with E-state index in [-0.39, 0.29) is 0 Å². The lowest BCUT2D eigenvalue weighted by molar-refractivity contribution is 0.112. The van der Waals surface area contributed by atoms with Crippen molar-refractivity contribution in [1.29, 1.82) is 0 Å². The van der Waals surface area contributed by atoms with Gasteiger partial charge in [0.2, 0.25) is 0 Å². The number of aldehydes is 1. The minimum Gasteiger partial charge on any atom is -0.297 e. The van der Waals surface area contributed by atoms with Crippen molar-refractivity contribution in [3.8, 4) is 0 Å². The third-order valence-corrected chi connectivity index (χ3v) is 3.94. The second-order valence-electron chi connectivity index (χ2n) is 2.81. The van der Waals surface area contributed by atoms with Crippen molar-refractivity contribution in [3.05, 3.63) is 33.7 Å². The van der Waals surface area contributed by atoms with E-state index in [4.69, 9.17) is 23.2 Å². The number of fused-ring (bicyclic) bond motifs is 1. The molecule has 1 aromatic heterocycles. The van der Waals surface area contributed by atoms with Crippen LogP contribution in [0, 0.1) is 0 Å². The van der Waals surface area contributed by atoms with Gasteiger partial charge in [-0.1, -0.05) is 23.7 Å². The number of carbonyl (C=O) groups is 1. The highest BCUT2D eigenvalue weighted by atomic mass is 35.5. The van der Waals surface area contributed by atoms with Gasteiger partial charge in [0.1, 0.15) is 0 Å². The van der Waals surface area contributed by atoms with Crippen LogP contribution in [0.1, 0.15) is 15.2 Å². The average molecular weight is 245 g/mol. The Kier molecular flexibility index (Phi) is 2.77. The van der Waals surface area contributed by atoms with Crippen LogP contribution in [0.5, 0.6) is 0 Å². The summed E-state index contributed by atoms with van der Waals surface area (Å²) in [6, 6.07) is 5.61. The topological polar surface area (TPSA) is 17.1 Å². The van der Waals surface area contributed by atoms with Crippen molar-refractivity contribution in [2.75, 3.05) is 0 Å². The molecule has 0 N–H and O–H groups in total. The van der Waals surface area contributed by atoms with Gasteiger partial charge in [-0.05, 0) is 17.0 Å². The Morgan fingerprint density at radius 2 is 2.21 bits per heavy atom. The Bertz CT molecular complexity index is 490. The predicted molar refractivity (Wildman–Crippen MR) is 61.8 cm³/mol. The van der Waals surface area contributed by atoms with Crippen molar-refractivity contribution >= 4 is 50.9 Å². The summed E-state index contributed by atoms with van der Waals surface area (Å²) >= 11 is 13.2. The second-order valence-corrected chi connectivity index (χ2v) is 4.54. The molecule has 2 aromatic rings. The molecule has 0 unspecified atom stereocenters. The molecule has 14 heavy (non-hydrogen) atoms. The Labute approximate surface area is 95.3 Å². The van der Waals surface area contributed by atoms with Crippen LogP contribution >= 0.6 is 34.5 Å². The van der Waals surface area contributed by atoms with E-state index in [1.54, 1.807) is 0 Å². The molecule has 0 saturated heterocycles. The van der Waals surface area contributed by atoms with Crippen molar-refractivity contribution in [2.45, 2.75) is 5.88 Å². The minimum atomic E-state index is 0.342. The smallest absolute Gasteiger partial charge is 0.160 e. The van der Waals surface area contributed by atoms with Crippen LogP contribution in [-0.2, 0) is 5.88 Å². The predicted octanol–water partition coefficient (Wildman–Crippen LogP) is 4.11. The molecule has 72 valence electrons. The zero-order valence-corrected chi connectivity index (χ0v) is 9.42. The average Bonchev–Trinajstić information content (AvgIpc) is 2.57. The van der Waals surface area contributed by atoms with Crippen molar-refractivity contribution in [1.82, 2.24) is 0 Å². The molecule has 0 atom stereocenters. The highest BCUT2D eigenvalue weighted by Gasteiger charge is 2.12. The van der Waals surface area contributed by atoms with Gasteiger partial charge in [0, 0.05) is 5.88 Å².